The maximum Gasteiger partial charge on any atom is 0.236 e. The lowest BCUT2D eigenvalue weighted by atomic mass is 9.88. The summed E-state index contributed by atoms with van der Waals surface area (Å²) in [6.07, 6.45) is 5.45. The van der Waals surface area contributed by atoms with Crippen molar-refractivity contribution in [3.05, 3.63) is 47.8 Å². The van der Waals surface area contributed by atoms with Gasteiger partial charge in [-0.1, -0.05) is 19.3 Å². The van der Waals surface area contributed by atoms with Crippen molar-refractivity contribution >= 4 is 45.7 Å². The summed E-state index contributed by atoms with van der Waals surface area (Å²) in [5, 5.41) is 8.31. The second-order valence-electron chi connectivity index (χ2n) is 8.29. The largest absolute Gasteiger partial charge is 0.493 e. The molecule has 2 N–H and O–H groups in total. The highest BCUT2D eigenvalue weighted by Gasteiger charge is 2.21. The molecule has 4 rings (SSSR count). The van der Waals surface area contributed by atoms with Crippen molar-refractivity contribution in [2.75, 3.05) is 30.6 Å². The third-order valence-corrected chi connectivity index (χ3v) is 7.67. The molecule has 0 bridgehead atoms. The van der Waals surface area contributed by atoms with E-state index in [0.29, 0.717) is 16.6 Å². The second kappa shape index (κ2) is 12.1. The SMILES string of the molecule is COc1ccc(-c2csc(NC(=O)CSc3ccc(NC(=O)C4CCCCC4)cc3)n2)cc1OC. The molecule has 1 aliphatic carbocycles. The van der Waals surface area contributed by atoms with E-state index in [9.17, 15) is 9.59 Å². The summed E-state index contributed by atoms with van der Waals surface area (Å²) in [5.41, 5.74) is 2.43. The smallest absolute Gasteiger partial charge is 0.236 e. The van der Waals surface area contributed by atoms with Gasteiger partial charge in [0.1, 0.15) is 0 Å². The Morgan fingerprint density at radius 2 is 1.74 bits per heavy atom. The van der Waals surface area contributed by atoms with Gasteiger partial charge in [-0.2, -0.15) is 0 Å². The summed E-state index contributed by atoms with van der Waals surface area (Å²) < 4.78 is 10.6. The van der Waals surface area contributed by atoms with E-state index in [1.165, 1.54) is 29.5 Å². The highest BCUT2D eigenvalue weighted by Crippen LogP contribution is 2.33. The molecule has 2 amide bonds. The molecule has 2 aromatic carbocycles. The third-order valence-electron chi connectivity index (χ3n) is 5.90. The lowest BCUT2D eigenvalue weighted by molar-refractivity contribution is -0.120. The summed E-state index contributed by atoms with van der Waals surface area (Å²) in [5.74, 6) is 1.65. The number of aromatic nitrogens is 1. The molecule has 1 heterocycles. The molecule has 0 spiro atoms. The van der Waals surface area contributed by atoms with Crippen LogP contribution in [0.5, 0.6) is 11.5 Å². The van der Waals surface area contributed by atoms with Crippen LogP contribution >= 0.6 is 23.1 Å². The Kier molecular flexibility index (Phi) is 8.65. The first kappa shape index (κ1) is 25.1. The number of carbonyl (C=O) groups excluding carboxylic acids is 2. The van der Waals surface area contributed by atoms with Crippen LogP contribution in [0.4, 0.5) is 10.8 Å². The third kappa shape index (κ3) is 6.76. The Morgan fingerprint density at radius 3 is 2.46 bits per heavy atom. The average Bonchev–Trinajstić information content (AvgIpc) is 3.36. The predicted molar refractivity (Wildman–Crippen MR) is 142 cm³/mol. The molecule has 1 aliphatic rings. The Labute approximate surface area is 213 Å². The average molecular weight is 512 g/mol. The fourth-order valence-corrected chi connectivity index (χ4v) is 5.44. The van der Waals surface area contributed by atoms with E-state index in [-0.39, 0.29) is 23.5 Å². The zero-order chi connectivity index (χ0) is 24.6. The summed E-state index contributed by atoms with van der Waals surface area (Å²) in [4.78, 5) is 30.3. The monoisotopic (exact) mass is 511 g/mol. The van der Waals surface area contributed by atoms with Crippen LogP contribution in [0.1, 0.15) is 32.1 Å². The van der Waals surface area contributed by atoms with E-state index < -0.39 is 0 Å². The van der Waals surface area contributed by atoms with Crippen LogP contribution in [-0.2, 0) is 9.59 Å². The van der Waals surface area contributed by atoms with Gasteiger partial charge in [-0.3, -0.25) is 9.59 Å². The number of ether oxygens (including phenoxy) is 2. The maximum absolute atomic E-state index is 12.4. The van der Waals surface area contributed by atoms with Crippen molar-refractivity contribution < 1.29 is 19.1 Å². The predicted octanol–water partition coefficient (Wildman–Crippen LogP) is 6.08. The van der Waals surface area contributed by atoms with Crippen molar-refractivity contribution in [2.24, 2.45) is 5.92 Å². The molecule has 184 valence electrons. The van der Waals surface area contributed by atoms with Crippen molar-refractivity contribution in [1.82, 2.24) is 4.98 Å². The quantitative estimate of drug-likeness (QED) is 0.339. The van der Waals surface area contributed by atoms with E-state index in [1.54, 1.807) is 14.2 Å². The van der Waals surface area contributed by atoms with Crippen LogP contribution in [0.2, 0.25) is 0 Å². The van der Waals surface area contributed by atoms with Crippen LogP contribution < -0.4 is 20.1 Å². The van der Waals surface area contributed by atoms with Gasteiger partial charge >= 0.3 is 0 Å². The van der Waals surface area contributed by atoms with Crippen LogP contribution in [0.25, 0.3) is 11.3 Å². The zero-order valence-electron chi connectivity index (χ0n) is 19.8. The summed E-state index contributed by atoms with van der Waals surface area (Å²) >= 11 is 2.81. The fourth-order valence-electron chi connectivity index (χ4n) is 4.01. The minimum Gasteiger partial charge on any atom is -0.493 e. The van der Waals surface area contributed by atoms with E-state index >= 15 is 0 Å². The number of thioether (sulfide) groups is 1. The molecular weight excluding hydrogens is 482 g/mol. The number of amides is 2. The van der Waals surface area contributed by atoms with E-state index in [1.807, 2.05) is 47.8 Å². The zero-order valence-corrected chi connectivity index (χ0v) is 21.5. The van der Waals surface area contributed by atoms with Gasteiger partial charge in [0.25, 0.3) is 0 Å². The van der Waals surface area contributed by atoms with Gasteiger partial charge in [-0.25, -0.2) is 4.98 Å². The lowest BCUT2D eigenvalue weighted by Crippen LogP contribution is -2.24. The van der Waals surface area contributed by atoms with Crippen molar-refractivity contribution in [1.29, 1.82) is 0 Å². The fraction of sp³-hybridized carbons (Fsp3) is 0.346. The summed E-state index contributed by atoms with van der Waals surface area (Å²) in [7, 11) is 3.18. The maximum atomic E-state index is 12.4. The number of carbonyl (C=O) groups is 2. The Bertz CT molecular complexity index is 1160. The number of hydrogen-bond donors (Lipinski definition) is 2. The molecule has 9 heteroatoms. The van der Waals surface area contributed by atoms with Crippen molar-refractivity contribution in [3.63, 3.8) is 0 Å². The molecule has 7 nitrogen and oxygen atoms in total. The molecule has 1 fully saturated rings. The number of anilines is 2. The van der Waals surface area contributed by atoms with Crippen molar-refractivity contribution in [2.45, 2.75) is 37.0 Å². The number of benzene rings is 2. The molecule has 1 aromatic heterocycles. The van der Waals surface area contributed by atoms with Crippen LogP contribution in [0.15, 0.2) is 52.7 Å². The Balaban J connectivity index is 1.26. The number of thiazole rings is 1. The molecule has 0 aliphatic heterocycles. The molecule has 0 radical (unpaired) electrons. The van der Waals surface area contributed by atoms with E-state index in [4.69, 9.17) is 9.47 Å². The van der Waals surface area contributed by atoms with Gasteiger partial charge in [0.05, 0.1) is 25.7 Å². The number of nitrogens with one attached hydrogen (secondary N) is 2. The molecule has 35 heavy (non-hydrogen) atoms. The topological polar surface area (TPSA) is 89.6 Å². The molecule has 0 saturated heterocycles. The van der Waals surface area contributed by atoms with Gasteiger partial charge in [0, 0.05) is 27.4 Å². The minimum atomic E-state index is -0.127. The Morgan fingerprint density at radius 1 is 1.00 bits per heavy atom. The van der Waals surface area contributed by atoms with Gasteiger partial charge in [-0.15, -0.1) is 23.1 Å². The molecule has 1 saturated carbocycles. The standard InChI is InChI=1S/C26H29N3O4S2/c1-32-22-13-8-18(14-23(22)33-2)21-15-35-26(28-21)29-24(30)16-34-20-11-9-19(10-12-20)27-25(31)17-6-4-3-5-7-17/h8-15,17H,3-7,16H2,1-2H3,(H,27,31)(H,28,29,30). The minimum absolute atomic E-state index is 0.111. The first-order valence-corrected chi connectivity index (χ1v) is 13.4. The van der Waals surface area contributed by atoms with Gasteiger partial charge in [0.2, 0.25) is 11.8 Å². The first-order valence-electron chi connectivity index (χ1n) is 11.6. The van der Waals surface area contributed by atoms with Crippen LogP contribution in [0.3, 0.4) is 0 Å². The molecule has 0 unspecified atom stereocenters. The van der Waals surface area contributed by atoms with Crippen LogP contribution in [-0.4, -0.2) is 36.8 Å². The number of methoxy groups -OCH3 is 2. The van der Waals surface area contributed by atoms with Crippen LogP contribution in [0, 0.1) is 5.92 Å². The summed E-state index contributed by atoms with van der Waals surface area (Å²) in [6, 6.07) is 13.2. The van der Waals surface area contributed by atoms with Gasteiger partial charge in [-0.05, 0) is 55.3 Å². The van der Waals surface area contributed by atoms with E-state index in [0.717, 1.165) is 47.5 Å². The van der Waals surface area contributed by atoms with E-state index in [2.05, 4.69) is 15.6 Å². The summed E-state index contributed by atoms with van der Waals surface area (Å²) in [6.45, 7) is 0. The lowest BCUT2D eigenvalue weighted by Gasteiger charge is -2.20. The molecule has 0 atom stereocenters. The normalized spacial score (nSPS) is 13.8. The highest BCUT2D eigenvalue weighted by atomic mass is 32.2. The number of rotatable bonds is 9. The van der Waals surface area contributed by atoms with Crippen molar-refractivity contribution in [3.8, 4) is 22.8 Å². The highest BCUT2D eigenvalue weighted by molar-refractivity contribution is 8.00. The Hall–Kier alpha value is -3.04. The second-order valence-corrected chi connectivity index (χ2v) is 10.2. The number of hydrogen-bond acceptors (Lipinski definition) is 7. The molecule has 3 aromatic rings. The first-order chi connectivity index (χ1) is 17.1. The van der Waals surface area contributed by atoms with Gasteiger partial charge in [0.15, 0.2) is 16.6 Å². The number of nitrogens with zero attached hydrogens (tertiary/aromatic N) is 1. The molecular formula is C26H29N3O4S2. The van der Waals surface area contributed by atoms with Gasteiger partial charge < -0.3 is 20.1 Å².